The summed E-state index contributed by atoms with van der Waals surface area (Å²) in [4.78, 5) is 16.5. The molecule has 2 heterocycles. The van der Waals surface area contributed by atoms with Crippen LogP contribution in [0.5, 0.6) is 5.75 Å². The zero-order valence-electron chi connectivity index (χ0n) is 15.9. The Morgan fingerprint density at radius 3 is 2.59 bits per heavy atom. The first-order valence-electron chi connectivity index (χ1n) is 9.22. The molecule has 7 nitrogen and oxygen atoms in total. The molecule has 146 valence electrons. The topological polar surface area (TPSA) is 82.2 Å². The van der Waals surface area contributed by atoms with E-state index in [0.29, 0.717) is 18.8 Å². The maximum Gasteiger partial charge on any atom is 0.316 e. The van der Waals surface area contributed by atoms with Gasteiger partial charge in [0.2, 0.25) is 5.82 Å². The first kappa shape index (κ1) is 18.5. The van der Waals surface area contributed by atoms with Crippen LogP contribution < -0.4 is 10.1 Å². The minimum absolute atomic E-state index is 0.0606. The molecule has 29 heavy (non-hydrogen) atoms. The second kappa shape index (κ2) is 8.43. The predicted octanol–water partition coefficient (Wildman–Crippen LogP) is 3.51. The molecule has 0 aliphatic carbocycles. The molecule has 0 atom stereocenters. The van der Waals surface area contributed by atoms with Gasteiger partial charge in [-0.2, -0.15) is 4.98 Å². The monoisotopic (exact) mass is 388 g/mol. The highest BCUT2D eigenvalue weighted by molar-refractivity contribution is 5.89. The molecule has 0 unspecified atom stereocenters. The molecule has 0 saturated heterocycles. The third kappa shape index (κ3) is 4.19. The number of carbonyl (C=O) groups is 1. The second-order valence-corrected chi connectivity index (χ2v) is 6.38. The van der Waals surface area contributed by atoms with Crippen molar-refractivity contribution in [3.05, 3.63) is 84.5 Å². The number of rotatable bonds is 7. The minimum Gasteiger partial charge on any atom is -0.496 e. The summed E-state index contributed by atoms with van der Waals surface area (Å²) in [5.41, 5.74) is 2.82. The summed E-state index contributed by atoms with van der Waals surface area (Å²) in [6.45, 7) is 0.433. The van der Waals surface area contributed by atoms with Crippen molar-refractivity contribution in [3.63, 3.8) is 0 Å². The zero-order valence-corrected chi connectivity index (χ0v) is 15.9. The van der Waals surface area contributed by atoms with Crippen molar-refractivity contribution in [3.8, 4) is 22.8 Å². The SMILES string of the molecule is COc1ccccc1CCNC(=O)c1nc(-c2ccc(-n3cccc3)cc2)no1. The van der Waals surface area contributed by atoms with E-state index in [1.807, 2.05) is 77.6 Å². The average molecular weight is 388 g/mol. The third-order valence-corrected chi connectivity index (χ3v) is 4.52. The lowest BCUT2D eigenvalue weighted by Crippen LogP contribution is -2.26. The van der Waals surface area contributed by atoms with Crippen LogP contribution in [0.15, 0.2) is 77.6 Å². The van der Waals surface area contributed by atoms with Gasteiger partial charge in [0.15, 0.2) is 0 Å². The van der Waals surface area contributed by atoms with E-state index in [1.165, 1.54) is 0 Å². The van der Waals surface area contributed by atoms with Crippen LogP contribution in [0.2, 0.25) is 0 Å². The van der Waals surface area contributed by atoms with Crippen LogP contribution in [-0.4, -0.2) is 34.3 Å². The van der Waals surface area contributed by atoms with Crippen LogP contribution in [-0.2, 0) is 6.42 Å². The first-order valence-corrected chi connectivity index (χ1v) is 9.22. The average Bonchev–Trinajstić information content (AvgIpc) is 3.47. The fraction of sp³-hybridized carbons (Fsp3) is 0.136. The van der Waals surface area contributed by atoms with E-state index in [2.05, 4.69) is 15.5 Å². The van der Waals surface area contributed by atoms with Crippen molar-refractivity contribution in [2.24, 2.45) is 0 Å². The fourth-order valence-corrected chi connectivity index (χ4v) is 3.02. The molecule has 4 aromatic rings. The van der Waals surface area contributed by atoms with Crippen LogP contribution in [0.1, 0.15) is 16.2 Å². The lowest BCUT2D eigenvalue weighted by Gasteiger charge is -2.08. The number of hydrogen-bond donors (Lipinski definition) is 1. The Hall–Kier alpha value is -3.87. The lowest BCUT2D eigenvalue weighted by atomic mass is 10.1. The zero-order chi connectivity index (χ0) is 20.1. The molecule has 0 bridgehead atoms. The number of aromatic nitrogens is 3. The number of hydrogen-bond acceptors (Lipinski definition) is 5. The van der Waals surface area contributed by atoms with Crippen LogP contribution >= 0.6 is 0 Å². The van der Waals surface area contributed by atoms with Gasteiger partial charge in [0.05, 0.1) is 7.11 Å². The molecule has 0 saturated carbocycles. The van der Waals surface area contributed by atoms with E-state index in [4.69, 9.17) is 9.26 Å². The number of ether oxygens (including phenoxy) is 1. The van der Waals surface area contributed by atoms with Gasteiger partial charge in [0.25, 0.3) is 0 Å². The Morgan fingerprint density at radius 2 is 1.83 bits per heavy atom. The van der Waals surface area contributed by atoms with Gasteiger partial charge in [-0.05, 0) is 54.4 Å². The summed E-state index contributed by atoms with van der Waals surface area (Å²) < 4.78 is 12.4. The molecular weight excluding hydrogens is 368 g/mol. The Bertz CT molecular complexity index is 1090. The van der Waals surface area contributed by atoms with Crippen LogP contribution in [0.3, 0.4) is 0 Å². The normalized spacial score (nSPS) is 10.7. The maximum absolute atomic E-state index is 12.3. The van der Waals surface area contributed by atoms with E-state index in [1.54, 1.807) is 7.11 Å². The van der Waals surface area contributed by atoms with Crippen LogP contribution in [0, 0.1) is 0 Å². The molecule has 0 aliphatic heterocycles. The number of benzene rings is 2. The largest absolute Gasteiger partial charge is 0.496 e. The van der Waals surface area contributed by atoms with Gasteiger partial charge < -0.3 is 19.1 Å². The van der Waals surface area contributed by atoms with Crippen molar-refractivity contribution < 1.29 is 14.1 Å². The highest BCUT2D eigenvalue weighted by atomic mass is 16.5. The number of nitrogens with zero attached hydrogens (tertiary/aromatic N) is 3. The number of carbonyl (C=O) groups excluding carboxylic acids is 1. The highest BCUT2D eigenvalue weighted by Gasteiger charge is 2.16. The third-order valence-electron chi connectivity index (χ3n) is 4.52. The Labute approximate surface area is 167 Å². The van der Waals surface area contributed by atoms with Crippen LogP contribution in [0.25, 0.3) is 17.1 Å². The summed E-state index contributed by atoms with van der Waals surface area (Å²) in [5.74, 6) is 0.709. The second-order valence-electron chi connectivity index (χ2n) is 6.38. The minimum atomic E-state index is -0.400. The van der Waals surface area contributed by atoms with Crippen molar-refractivity contribution >= 4 is 5.91 Å². The molecule has 4 rings (SSSR count). The molecule has 2 aromatic carbocycles. The molecule has 1 N–H and O–H groups in total. The van der Waals surface area contributed by atoms with Gasteiger partial charge >= 0.3 is 11.8 Å². The summed E-state index contributed by atoms with van der Waals surface area (Å²) in [5, 5.41) is 6.72. The van der Waals surface area contributed by atoms with Gasteiger partial charge in [0.1, 0.15) is 5.75 Å². The number of nitrogens with one attached hydrogen (secondary N) is 1. The first-order chi connectivity index (χ1) is 14.2. The predicted molar refractivity (Wildman–Crippen MR) is 108 cm³/mol. The van der Waals surface area contributed by atoms with Crippen LogP contribution in [0.4, 0.5) is 0 Å². The smallest absolute Gasteiger partial charge is 0.316 e. The molecule has 0 fully saturated rings. The number of amides is 1. The summed E-state index contributed by atoms with van der Waals surface area (Å²) in [6.07, 6.45) is 4.57. The maximum atomic E-state index is 12.3. The Balaban J connectivity index is 1.37. The molecule has 2 aromatic heterocycles. The van der Waals surface area contributed by atoms with E-state index >= 15 is 0 Å². The Morgan fingerprint density at radius 1 is 1.07 bits per heavy atom. The summed E-state index contributed by atoms with van der Waals surface area (Å²) in [6, 6.07) is 19.3. The summed E-state index contributed by atoms with van der Waals surface area (Å²) >= 11 is 0. The van der Waals surface area contributed by atoms with Gasteiger partial charge in [-0.25, -0.2) is 0 Å². The lowest BCUT2D eigenvalue weighted by molar-refractivity contribution is 0.0910. The van der Waals surface area contributed by atoms with Crippen molar-refractivity contribution in [2.45, 2.75) is 6.42 Å². The number of para-hydroxylation sites is 1. The van der Waals surface area contributed by atoms with Crippen molar-refractivity contribution in [1.82, 2.24) is 20.0 Å². The van der Waals surface area contributed by atoms with E-state index in [0.717, 1.165) is 22.6 Å². The summed E-state index contributed by atoms with van der Waals surface area (Å²) in [7, 11) is 1.63. The van der Waals surface area contributed by atoms with E-state index in [9.17, 15) is 4.79 Å². The standard InChI is InChI=1S/C22H20N4O3/c1-28-19-7-3-2-6-16(19)12-13-23-21(27)22-24-20(25-29-22)17-8-10-18(11-9-17)26-14-4-5-15-26/h2-11,14-15H,12-13H2,1H3,(H,23,27). The molecule has 0 spiro atoms. The highest BCUT2D eigenvalue weighted by Crippen LogP contribution is 2.19. The molecule has 0 radical (unpaired) electrons. The quantitative estimate of drug-likeness (QED) is 0.524. The molecule has 0 aliphatic rings. The van der Waals surface area contributed by atoms with Gasteiger partial charge in [-0.3, -0.25) is 4.79 Å². The van der Waals surface area contributed by atoms with Crippen molar-refractivity contribution in [2.75, 3.05) is 13.7 Å². The number of methoxy groups -OCH3 is 1. The molecule has 1 amide bonds. The van der Waals surface area contributed by atoms with Gasteiger partial charge in [0, 0.05) is 30.2 Å². The fourth-order valence-electron chi connectivity index (χ4n) is 3.02. The van der Waals surface area contributed by atoms with Gasteiger partial charge in [-0.1, -0.05) is 23.4 Å². The van der Waals surface area contributed by atoms with Crippen molar-refractivity contribution in [1.29, 1.82) is 0 Å². The molecule has 7 heteroatoms. The Kier molecular flexibility index (Phi) is 5.38. The van der Waals surface area contributed by atoms with Gasteiger partial charge in [-0.15, -0.1) is 0 Å². The molecular formula is C22H20N4O3. The van der Waals surface area contributed by atoms with E-state index < -0.39 is 5.91 Å². The van der Waals surface area contributed by atoms with E-state index in [-0.39, 0.29) is 5.89 Å².